The number of hydrogen-bond donors (Lipinski definition) is 3. The first kappa shape index (κ1) is 19.7. The van der Waals surface area contributed by atoms with Crippen LogP contribution in [-0.4, -0.2) is 46.8 Å². The second-order valence-electron chi connectivity index (χ2n) is 7.30. The first-order valence-electron chi connectivity index (χ1n) is 9.31. The van der Waals surface area contributed by atoms with Crippen LogP contribution in [0.2, 0.25) is 0 Å². The van der Waals surface area contributed by atoms with E-state index < -0.39 is 29.9 Å². The Morgan fingerprint density at radius 3 is 2.39 bits per heavy atom. The molecule has 0 radical (unpaired) electrons. The first-order chi connectivity index (χ1) is 13.3. The van der Waals surface area contributed by atoms with Gasteiger partial charge in [-0.2, -0.15) is 0 Å². The molecule has 9 nitrogen and oxygen atoms in total. The molecule has 0 aromatic heterocycles. The molecule has 0 bridgehead atoms. The number of carbonyl (C=O) groups is 4. The van der Waals surface area contributed by atoms with Crippen LogP contribution in [-0.2, 0) is 9.59 Å². The van der Waals surface area contributed by atoms with Gasteiger partial charge in [0, 0.05) is 5.56 Å². The summed E-state index contributed by atoms with van der Waals surface area (Å²) in [5.74, 6) is -0.923. The van der Waals surface area contributed by atoms with Crippen LogP contribution >= 0.6 is 0 Å². The minimum atomic E-state index is -0.861. The Labute approximate surface area is 162 Å². The van der Waals surface area contributed by atoms with Crippen LogP contribution in [0, 0.1) is 0 Å². The highest BCUT2D eigenvalue weighted by atomic mass is 16.5. The maximum atomic E-state index is 12.5. The molecule has 1 heterocycles. The van der Waals surface area contributed by atoms with E-state index in [0.29, 0.717) is 24.2 Å². The number of carbonyl (C=O) groups excluding carboxylic acids is 4. The van der Waals surface area contributed by atoms with Gasteiger partial charge in [0.05, 0.1) is 6.10 Å². The third-order valence-electron chi connectivity index (χ3n) is 4.81. The summed E-state index contributed by atoms with van der Waals surface area (Å²) in [7, 11) is 0. The van der Waals surface area contributed by atoms with Crippen LogP contribution in [0.3, 0.4) is 0 Å². The number of rotatable bonds is 5. The van der Waals surface area contributed by atoms with Gasteiger partial charge in [0.15, 0.2) is 0 Å². The lowest BCUT2D eigenvalue weighted by atomic mass is 9.98. The highest BCUT2D eigenvalue weighted by Gasteiger charge is 2.52. The van der Waals surface area contributed by atoms with Crippen LogP contribution in [0.5, 0.6) is 5.75 Å². The van der Waals surface area contributed by atoms with E-state index in [0.717, 1.165) is 17.7 Å². The van der Waals surface area contributed by atoms with Gasteiger partial charge < -0.3 is 10.1 Å². The number of urea groups is 1. The number of ether oxygens (including phenoxy) is 1. The van der Waals surface area contributed by atoms with E-state index in [-0.39, 0.29) is 12.0 Å². The topological polar surface area (TPSA) is 117 Å². The van der Waals surface area contributed by atoms with Crippen molar-refractivity contribution in [3.05, 3.63) is 29.8 Å². The normalized spacial score (nSPS) is 17.8. The average molecular weight is 388 g/mol. The molecular weight excluding hydrogens is 364 g/mol. The van der Waals surface area contributed by atoms with E-state index in [4.69, 9.17) is 4.74 Å². The van der Waals surface area contributed by atoms with Gasteiger partial charge in [-0.1, -0.05) is 12.8 Å². The molecule has 1 aromatic rings. The van der Waals surface area contributed by atoms with Gasteiger partial charge in [-0.05, 0) is 51.0 Å². The molecule has 150 valence electrons. The van der Waals surface area contributed by atoms with E-state index in [1.807, 2.05) is 13.8 Å². The van der Waals surface area contributed by atoms with Gasteiger partial charge in [0.2, 0.25) is 0 Å². The number of benzene rings is 1. The molecule has 1 saturated carbocycles. The highest BCUT2D eigenvalue weighted by Crippen LogP contribution is 2.34. The molecule has 1 aliphatic carbocycles. The lowest BCUT2D eigenvalue weighted by Gasteiger charge is -2.19. The second kappa shape index (κ2) is 7.87. The lowest BCUT2D eigenvalue weighted by Crippen LogP contribution is -2.48. The van der Waals surface area contributed by atoms with Crippen molar-refractivity contribution in [2.24, 2.45) is 0 Å². The van der Waals surface area contributed by atoms with E-state index in [9.17, 15) is 19.2 Å². The van der Waals surface area contributed by atoms with Crippen molar-refractivity contribution < 1.29 is 23.9 Å². The van der Waals surface area contributed by atoms with Crippen LogP contribution in [0.15, 0.2) is 24.3 Å². The third kappa shape index (κ3) is 4.08. The van der Waals surface area contributed by atoms with Gasteiger partial charge in [-0.15, -0.1) is 0 Å². The van der Waals surface area contributed by atoms with E-state index in [1.54, 1.807) is 24.3 Å². The standard InChI is InChI=1S/C19H24N4O5/c1-12(2)28-14-7-5-13(6-8-14)16(25)22-21-15(24)11-23-17(26)19(20-18(23)27)9-3-4-10-19/h5-8,12H,3-4,9-11H2,1-2H3,(H,20,27)(H,21,24)(H,22,25). The molecule has 1 aliphatic heterocycles. The zero-order valence-corrected chi connectivity index (χ0v) is 15.9. The van der Waals surface area contributed by atoms with E-state index in [1.165, 1.54) is 0 Å². The summed E-state index contributed by atoms with van der Waals surface area (Å²) in [6.45, 7) is 3.35. The Morgan fingerprint density at radius 1 is 1.14 bits per heavy atom. The molecule has 1 spiro atoms. The summed E-state index contributed by atoms with van der Waals surface area (Å²) in [4.78, 5) is 49.7. The number of amides is 5. The molecule has 1 aromatic carbocycles. The summed E-state index contributed by atoms with van der Waals surface area (Å²) >= 11 is 0. The largest absolute Gasteiger partial charge is 0.491 e. The van der Waals surface area contributed by atoms with Gasteiger partial charge in [-0.3, -0.25) is 30.1 Å². The molecule has 0 atom stereocenters. The molecule has 3 rings (SSSR count). The van der Waals surface area contributed by atoms with Gasteiger partial charge in [0.1, 0.15) is 17.8 Å². The van der Waals surface area contributed by atoms with Crippen LogP contribution < -0.4 is 20.9 Å². The highest BCUT2D eigenvalue weighted by molar-refractivity contribution is 6.09. The van der Waals surface area contributed by atoms with Crippen molar-refractivity contribution >= 4 is 23.8 Å². The smallest absolute Gasteiger partial charge is 0.325 e. The van der Waals surface area contributed by atoms with Gasteiger partial charge in [0.25, 0.3) is 17.7 Å². The van der Waals surface area contributed by atoms with Crippen LogP contribution in [0.4, 0.5) is 4.79 Å². The van der Waals surface area contributed by atoms with Crippen LogP contribution in [0.25, 0.3) is 0 Å². The summed E-state index contributed by atoms with van der Waals surface area (Å²) in [6, 6.07) is 5.88. The van der Waals surface area contributed by atoms with Crippen molar-refractivity contribution in [1.82, 2.24) is 21.1 Å². The monoisotopic (exact) mass is 388 g/mol. The minimum absolute atomic E-state index is 0.0211. The van der Waals surface area contributed by atoms with Crippen molar-refractivity contribution in [1.29, 1.82) is 0 Å². The molecule has 3 N–H and O–H groups in total. The maximum absolute atomic E-state index is 12.5. The summed E-state index contributed by atoms with van der Waals surface area (Å²) in [5, 5.41) is 2.70. The Hall–Kier alpha value is -3.10. The molecule has 1 saturated heterocycles. The molecular formula is C19H24N4O5. The van der Waals surface area contributed by atoms with Gasteiger partial charge in [-0.25, -0.2) is 4.79 Å². The van der Waals surface area contributed by atoms with Crippen molar-refractivity contribution in [3.8, 4) is 5.75 Å². The quantitative estimate of drug-likeness (QED) is 0.516. The third-order valence-corrected chi connectivity index (χ3v) is 4.81. The molecule has 9 heteroatoms. The maximum Gasteiger partial charge on any atom is 0.325 e. The predicted molar refractivity (Wildman–Crippen MR) is 99.3 cm³/mol. The fourth-order valence-electron chi connectivity index (χ4n) is 3.48. The Morgan fingerprint density at radius 2 is 1.79 bits per heavy atom. The van der Waals surface area contributed by atoms with Crippen molar-refractivity contribution in [2.75, 3.05) is 6.54 Å². The molecule has 2 aliphatic rings. The zero-order chi connectivity index (χ0) is 20.3. The van der Waals surface area contributed by atoms with Crippen LogP contribution in [0.1, 0.15) is 49.9 Å². The number of nitrogens with zero attached hydrogens (tertiary/aromatic N) is 1. The number of hydrazine groups is 1. The fourth-order valence-corrected chi connectivity index (χ4v) is 3.48. The summed E-state index contributed by atoms with van der Waals surface area (Å²) in [5.41, 5.74) is 3.98. The second-order valence-corrected chi connectivity index (χ2v) is 7.30. The number of nitrogens with one attached hydrogen (secondary N) is 3. The molecule has 28 heavy (non-hydrogen) atoms. The Bertz CT molecular complexity index is 784. The Kier molecular flexibility index (Phi) is 5.53. The molecule has 2 fully saturated rings. The lowest BCUT2D eigenvalue weighted by molar-refractivity contribution is -0.135. The molecule has 0 unspecified atom stereocenters. The SMILES string of the molecule is CC(C)Oc1ccc(C(=O)NNC(=O)CN2C(=O)NC3(CCCC3)C2=O)cc1. The van der Waals surface area contributed by atoms with E-state index in [2.05, 4.69) is 16.2 Å². The summed E-state index contributed by atoms with van der Waals surface area (Å²) < 4.78 is 5.50. The molecule has 5 amide bonds. The van der Waals surface area contributed by atoms with E-state index >= 15 is 0 Å². The Balaban J connectivity index is 1.51. The van der Waals surface area contributed by atoms with Gasteiger partial charge >= 0.3 is 6.03 Å². The number of imide groups is 1. The van der Waals surface area contributed by atoms with Crippen molar-refractivity contribution in [3.63, 3.8) is 0 Å². The minimum Gasteiger partial charge on any atom is -0.491 e. The first-order valence-corrected chi connectivity index (χ1v) is 9.31. The number of hydrogen-bond acceptors (Lipinski definition) is 5. The zero-order valence-electron chi connectivity index (χ0n) is 15.9. The fraction of sp³-hybridized carbons (Fsp3) is 0.474. The van der Waals surface area contributed by atoms with Crippen molar-refractivity contribution in [2.45, 2.75) is 51.2 Å². The summed E-state index contributed by atoms with van der Waals surface area (Å²) in [6.07, 6.45) is 2.92. The predicted octanol–water partition coefficient (Wildman–Crippen LogP) is 1.10. The average Bonchev–Trinajstić information content (AvgIpc) is 3.21.